The van der Waals surface area contributed by atoms with Crippen molar-refractivity contribution in [3.8, 4) is 17.2 Å². The maximum absolute atomic E-state index is 12.6. The fourth-order valence-corrected chi connectivity index (χ4v) is 4.04. The summed E-state index contributed by atoms with van der Waals surface area (Å²) in [6, 6.07) is 8.89. The first-order valence-corrected chi connectivity index (χ1v) is 9.66. The van der Waals surface area contributed by atoms with Gasteiger partial charge in [0.2, 0.25) is 10.0 Å². The van der Waals surface area contributed by atoms with Gasteiger partial charge in [-0.3, -0.25) is 0 Å². The summed E-state index contributed by atoms with van der Waals surface area (Å²) in [6.45, 7) is 3.93. The molecule has 0 atom stereocenters. The van der Waals surface area contributed by atoms with E-state index < -0.39 is 10.0 Å². The first-order valence-electron chi connectivity index (χ1n) is 8.18. The number of hydrogen-bond acceptors (Lipinski definition) is 5. The van der Waals surface area contributed by atoms with Crippen LogP contribution in [0.25, 0.3) is 0 Å². The number of ether oxygens (including phenoxy) is 3. The fraction of sp³-hybridized carbons (Fsp3) is 0.368. The number of hydrogen-bond donors (Lipinski definition) is 1. The van der Waals surface area contributed by atoms with Crippen molar-refractivity contribution in [2.45, 2.75) is 25.2 Å². The molecule has 0 saturated heterocycles. The molecular formula is C19H25NO5S. The molecule has 0 aliphatic heterocycles. The Hall–Kier alpha value is -2.25. The van der Waals surface area contributed by atoms with Crippen molar-refractivity contribution in [2.24, 2.45) is 0 Å². The van der Waals surface area contributed by atoms with Gasteiger partial charge in [0.05, 0.1) is 26.2 Å². The lowest BCUT2D eigenvalue weighted by atomic mass is 10.1. The van der Waals surface area contributed by atoms with Crippen molar-refractivity contribution < 1.29 is 22.6 Å². The predicted octanol–water partition coefficient (Wildman–Crippen LogP) is 2.85. The number of benzene rings is 2. The van der Waals surface area contributed by atoms with Gasteiger partial charge in [0.1, 0.15) is 5.75 Å². The Morgan fingerprint density at radius 3 is 2.12 bits per heavy atom. The summed E-state index contributed by atoms with van der Waals surface area (Å²) in [5.74, 6) is 1.81. The number of rotatable bonds is 8. The van der Waals surface area contributed by atoms with Crippen LogP contribution < -0.4 is 18.9 Å². The highest BCUT2D eigenvalue weighted by molar-refractivity contribution is 7.89. The Balaban J connectivity index is 2.12. The van der Waals surface area contributed by atoms with Gasteiger partial charge < -0.3 is 14.2 Å². The molecule has 2 rings (SSSR count). The molecule has 2 aromatic rings. The minimum absolute atomic E-state index is 0.229. The van der Waals surface area contributed by atoms with E-state index in [-0.39, 0.29) is 11.4 Å². The molecule has 0 radical (unpaired) electrons. The molecule has 0 saturated carbocycles. The van der Waals surface area contributed by atoms with Gasteiger partial charge >= 0.3 is 0 Å². The van der Waals surface area contributed by atoms with E-state index in [1.807, 2.05) is 25.1 Å². The van der Waals surface area contributed by atoms with Gasteiger partial charge in [-0.2, -0.15) is 0 Å². The summed E-state index contributed by atoms with van der Waals surface area (Å²) >= 11 is 0. The smallest absolute Gasteiger partial charge is 0.240 e. The summed E-state index contributed by atoms with van der Waals surface area (Å²) in [5, 5.41) is 0. The molecule has 0 unspecified atom stereocenters. The molecule has 142 valence electrons. The monoisotopic (exact) mass is 379 g/mol. The number of aryl methyl sites for hydroxylation is 2. The Bertz CT molecular complexity index is 878. The zero-order chi connectivity index (χ0) is 19.3. The zero-order valence-electron chi connectivity index (χ0n) is 15.8. The van der Waals surface area contributed by atoms with Crippen LogP contribution in [-0.2, 0) is 16.4 Å². The van der Waals surface area contributed by atoms with E-state index in [0.29, 0.717) is 29.2 Å². The van der Waals surface area contributed by atoms with Gasteiger partial charge in [-0.1, -0.05) is 12.1 Å². The minimum atomic E-state index is -3.62. The van der Waals surface area contributed by atoms with Crippen molar-refractivity contribution in [3.05, 3.63) is 47.0 Å². The van der Waals surface area contributed by atoms with Crippen molar-refractivity contribution in [2.75, 3.05) is 27.9 Å². The third kappa shape index (κ3) is 4.47. The van der Waals surface area contributed by atoms with E-state index in [0.717, 1.165) is 11.1 Å². The number of methoxy groups -OCH3 is 3. The molecule has 0 amide bonds. The van der Waals surface area contributed by atoms with Crippen molar-refractivity contribution in [3.63, 3.8) is 0 Å². The first-order chi connectivity index (χ1) is 12.3. The Kier molecular flexibility index (Phi) is 6.50. The summed E-state index contributed by atoms with van der Waals surface area (Å²) < 4.78 is 43.6. The van der Waals surface area contributed by atoms with E-state index in [1.54, 1.807) is 33.3 Å². The maximum Gasteiger partial charge on any atom is 0.240 e. The van der Waals surface area contributed by atoms with E-state index >= 15 is 0 Å². The second kappa shape index (κ2) is 8.42. The third-order valence-electron chi connectivity index (χ3n) is 4.14. The molecule has 0 bridgehead atoms. The van der Waals surface area contributed by atoms with Crippen molar-refractivity contribution in [1.82, 2.24) is 4.72 Å². The summed E-state index contributed by atoms with van der Waals surface area (Å²) in [4.78, 5) is 0.229. The highest BCUT2D eigenvalue weighted by Gasteiger charge is 2.18. The molecule has 1 N–H and O–H groups in total. The van der Waals surface area contributed by atoms with Crippen LogP contribution in [0.3, 0.4) is 0 Å². The number of sulfonamides is 1. The molecule has 0 aliphatic rings. The lowest BCUT2D eigenvalue weighted by Gasteiger charge is -2.13. The van der Waals surface area contributed by atoms with E-state index in [2.05, 4.69) is 4.72 Å². The van der Waals surface area contributed by atoms with Gasteiger partial charge in [-0.25, -0.2) is 13.1 Å². The second-order valence-electron chi connectivity index (χ2n) is 5.92. The summed E-state index contributed by atoms with van der Waals surface area (Å²) in [5.41, 5.74) is 2.53. The normalized spacial score (nSPS) is 11.3. The topological polar surface area (TPSA) is 73.9 Å². The highest BCUT2D eigenvalue weighted by Crippen LogP contribution is 2.28. The molecule has 0 aromatic heterocycles. The van der Waals surface area contributed by atoms with E-state index in [9.17, 15) is 8.42 Å². The predicted molar refractivity (Wildman–Crippen MR) is 101 cm³/mol. The first kappa shape index (κ1) is 20.1. The molecule has 0 fully saturated rings. The third-order valence-corrected chi connectivity index (χ3v) is 5.74. The standard InChI is InChI=1S/C19H25NO5S/c1-13-10-14(2)19(12-17(13)24-4)26(21,22)20-9-8-15-6-7-16(23-3)18(11-15)25-5/h6-7,10-12,20H,8-9H2,1-5H3. The molecular weight excluding hydrogens is 354 g/mol. The van der Waals surface area contributed by atoms with Crippen LogP contribution >= 0.6 is 0 Å². The summed E-state index contributed by atoms with van der Waals surface area (Å²) in [6.07, 6.45) is 0.529. The minimum Gasteiger partial charge on any atom is -0.496 e. The average molecular weight is 379 g/mol. The lowest BCUT2D eigenvalue weighted by Crippen LogP contribution is -2.26. The van der Waals surface area contributed by atoms with Crippen LogP contribution in [0.2, 0.25) is 0 Å². The van der Waals surface area contributed by atoms with Gasteiger partial charge in [0, 0.05) is 12.6 Å². The fourth-order valence-electron chi connectivity index (χ4n) is 2.77. The van der Waals surface area contributed by atoms with Gasteiger partial charge in [0.25, 0.3) is 0 Å². The van der Waals surface area contributed by atoms with Crippen LogP contribution in [0, 0.1) is 13.8 Å². The Labute approximate surface area is 155 Å². The Morgan fingerprint density at radius 1 is 0.846 bits per heavy atom. The van der Waals surface area contributed by atoms with Crippen molar-refractivity contribution in [1.29, 1.82) is 0 Å². The van der Waals surface area contributed by atoms with Gasteiger partial charge in [0.15, 0.2) is 11.5 Å². The van der Waals surface area contributed by atoms with Crippen LogP contribution in [-0.4, -0.2) is 36.3 Å². The maximum atomic E-state index is 12.6. The van der Waals surface area contributed by atoms with Crippen LogP contribution in [0.1, 0.15) is 16.7 Å². The number of nitrogens with one attached hydrogen (secondary N) is 1. The van der Waals surface area contributed by atoms with Crippen LogP contribution in [0.5, 0.6) is 17.2 Å². The van der Waals surface area contributed by atoms with E-state index in [4.69, 9.17) is 14.2 Å². The quantitative estimate of drug-likeness (QED) is 0.763. The SMILES string of the molecule is COc1cc(S(=O)(=O)NCCc2ccc(OC)c(OC)c2)c(C)cc1C. The molecule has 0 spiro atoms. The second-order valence-corrected chi connectivity index (χ2v) is 7.66. The molecule has 0 aliphatic carbocycles. The zero-order valence-corrected chi connectivity index (χ0v) is 16.6. The van der Waals surface area contributed by atoms with Gasteiger partial charge in [-0.05, 0) is 49.1 Å². The molecule has 0 heterocycles. The van der Waals surface area contributed by atoms with Gasteiger partial charge in [-0.15, -0.1) is 0 Å². The highest BCUT2D eigenvalue weighted by atomic mass is 32.2. The van der Waals surface area contributed by atoms with Crippen molar-refractivity contribution >= 4 is 10.0 Å². The molecule has 7 heteroatoms. The van der Waals surface area contributed by atoms with Crippen LogP contribution in [0.4, 0.5) is 0 Å². The van der Waals surface area contributed by atoms with E-state index in [1.165, 1.54) is 7.11 Å². The molecule has 2 aromatic carbocycles. The van der Waals surface area contributed by atoms with Crippen LogP contribution in [0.15, 0.2) is 35.2 Å². The Morgan fingerprint density at radius 2 is 1.50 bits per heavy atom. The molecule has 26 heavy (non-hydrogen) atoms. The largest absolute Gasteiger partial charge is 0.496 e. The average Bonchev–Trinajstić information content (AvgIpc) is 2.61. The lowest BCUT2D eigenvalue weighted by molar-refractivity contribution is 0.354. The summed E-state index contributed by atoms with van der Waals surface area (Å²) in [7, 11) is 1.04. The molecule has 6 nitrogen and oxygen atoms in total.